The van der Waals surface area contributed by atoms with Crippen molar-refractivity contribution >= 4 is 0 Å². The van der Waals surface area contributed by atoms with Crippen LogP contribution in [0.25, 0.3) is 0 Å². The summed E-state index contributed by atoms with van der Waals surface area (Å²) in [7, 11) is 0. The second-order valence-corrected chi connectivity index (χ2v) is 3.41. The first-order valence-electron chi connectivity index (χ1n) is 4.44. The van der Waals surface area contributed by atoms with Gasteiger partial charge in [-0.1, -0.05) is 0 Å². The van der Waals surface area contributed by atoms with E-state index in [1.165, 1.54) is 0 Å². The average Bonchev–Trinajstić information content (AvgIpc) is 2.56. The third kappa shape index (κ3) is 1.48. The molecule has 0 spiro atoms. The Labute approximate surface area is 72.0 Å². The van der Waals surface area contributed by atoms with Crippen molar-refractivity contribution in [2.24, 2.45) is 0 Å². The molecule has 2 heterocycles. The van der Waals surface area contributed by atoms with Gasteiger partial charge in [-0.05, 0) is 26.3 Å². The lowest BCUT2D eigenvalue weighted by atomic mass is 10.0. The lowest BCUT2D eigenvalue weighted by molar-refractivity contribution is 0.294. The Morgan fingerprint density at radius 2 is 2.50 bits per heavy atom. The average molecular weight is 166 g/mol. The van der Waals surface area contributed by atoms with Crippen LogP contribution in [-0.4, -0.2) is 27.4 Å². The molecular formula is C8H14N4. The van der Waals surface area contributed by atoms with Crippen molar-refractivity contribution in [2.45, 2.75) is 31.8 Å². The summed E-state index contributed by atoms with van der Waals surface area (Å²) in [4.78, 5) is 3.95. The van der Waals surface area contributed by atoms with Crippen LogP contribution in [0.2, 0.25) is 0 Å². The molecule has 0 aliphatic carbocycles. The van der Waals surface area contributed by atoms with E-state index < -0.39 is 0 Å². The molecule has 1 aliphatic rings. The van der Waals surface area contributed by atoms with Gasteiger partial charge in [0.15, 0.2) is 0 Å². The Balaban J connectivity index is 2.04. The first-order valence-corrected chi connectivity index (χ1v) is 4.44. The molecular weight excluding hydrogens is 152 g/mol. The minimum Gasteiger partial charge on any atom is -0.314 e. The van der Waals surface area contributed by atoms with Crippen molar-refractivity contribution in [1.29, 1.82) is 0 Å². The van der Waals surface area contributed by atoms with Crippen molar-refractivity contribution in [2.75, 3.05) is 6.54 Å². The summed E-state index contributed by atoms with van der Waals surface area (Å²) in [6, 6.07) is 1.15. The van der Waals surface area contributed by atoms with E-state index in [0.717, 1.165) is 19.4 Å². The van der Waals surface area contributed by atoms with Gasteiger partial charge in [-0.15, -0.1) is 0 Å². The minimum absolute atomic E-state index is 0.545. The molecule has 2 unspecified atom stereocenters. The number of piperidine rings is 1. The van der Waals surface area contributed by atoms with E-state index in [1.54, 1.807) is 6.33 Å². The number of aromatic nitrogens is 3. The summed E-state index contributed by atoms with van der Waals surface area (Å²) in [6.07, 6.45) is 5.73. The molecule has 4 heteroatoms. The number of hydrogen-bond donors (Lipinski definition) is 1. The summed E-state index contributed by atoms with van der Waals surface area (Å²) in [6.45, 7) is 3.30. The van der Waals surface area contributed by atoms with E-state index in [2.05, 4.69) is 22.3 Å². The van der Waals surface area contributed by atoms with Gasteiger partial charge in [0.05, 0.1) is 6.04 Å². The Morgan fingerprint density at radius 1 is 1.58 bits per heavy atom. The van der Waals surface area contributed by atoms with Crippen LogP contribution in [-0.2, 0) is 0 Å². The highest BCUT2D eigenvalue weighted by Gasteiger charge is 2.19. The molecule has 1 aromatic rings. The van der Waals surface area contributed by atoms with Gasteiger partial charge in [-0.3, -0.25) is 0 Å². The smallest absolute Gasteiger partial charge is 0.137 e. The second-order valence-electron chi connectivity index (χ2n) is 3.41. The SMILES string of the molecule is CC1CC(n2cncn2)CCN1. The van der Waals surface area contributed by atoms with Gasteiger partial charge >= 0.3 is 0 Å². The lowest BCUT2D eigenvalue weighted by Gasteiger charge is -2.27. The van der Waals surface area contributed by atoms with Crippen molar-refractivity contribution in [3.8, 4) is 0 Å². The predicted octanol–water partition coefficient (Wildman–Crippen LogP) is 0.591. The Bertz CT molecular complexity index is 231. The van der Waals surface area contributed by atoms with E-state index in [0.29, 0.717) is 12.1 Å². The molecule has 1 N–H and O–H groups in total. The molecule has 2 rings (SSSR count). The zero-order valence-electron chi connectivity index (χ0n) is 7.27. The van der Waals surface area contributed by atoms with E-state index in [-0.39, 0.29) is 0 Å². The first kappa shape index (κ1) is 7.73. The highest BCUT2D eigenvalue weighted by molar-refractivity contribution is 4.79. The fourth-order valence-corrected chi connectivity index (χ4v) is 1.75. The van der Waals surface area contributed by atoms with Crippen LogP contribution in [0, 0.1) is 0 Å². The lowest BCUT2D eigenvalue weighted by Crippen LogP contribution is -2.36. The van der Waals surface area contributed by atoms with Gasteiger partial charge in [0.1, 0.15) is 12.7 Å². The van der Waals surface area contributed by atoms with Crippen LogP contribution >= 0.6 is 0 Å². The standard InChI is InChI=1S/C8H14N4/c1-7-4-8(2-3-10-7)12-6-9-5-11-12/h5-8,10H,2-4H2,1H3. The van der Waals surface area contributed by atoms with Crippen molar-refractivity contribution in [1.82, 2.24) is 20.1 Å². The zero-order chi connectivity index (χ0) is 8.39. The first-order chi connectivity index (χ1) is 5.86. The van der Waals surface area contributed by atoms with E-state index >= 15 is 0 Å². The van der Waals surface area contributed by atoms with Crippen LogP contribution in [0.1, 0.15) is 25.8 Å². The molecule has 66 valence electrons. The van der Waals surface area contributed by atoms with Gasteiger partial charge < -0.3 is 5.32 Å². The van der Waals surface area contributed by atoms with E-state index in [4.69, 9.17) is 0 Å². The maximum Gasteiger partial charge on any atom is 0.137 e. The molecule has 12 heavy (non-hydrogen) atoms. The Hall–Kier alpha value is -0.900. The quantitative estimate of drug-likeness (QED) is 0.664. The topological polar surface area (TPSA) is 42.7 Å². The Morgan fingerprint density at radius 3 is 3.17 bits per heavy atom. The molecule has 0 aromatic carbocycles. The molecule has 1 fully saturated rings. The monoisotopic (exact) mass is 166 g/mol. The molecule has 1 aliphatic heterocycles. The number of hydrogen-bond acceptors (Lipinski definition) is 3. The summed E-state index contributed by atoms with van der Waals surface area (Å²) >= 11 is 0. The third-order valence-electron chi connectivity index (χ3n) is 2.41. The summed E-state index contributed by atoms with van der Waals surface area (Å²) in [5.41, 5.74) is 0. The molecule has 0 saturated carbocycles. The normalized spacial score (nSPS) is 30.4. The van der Waals surface area contributed by atoms with Crippen molar-refractivity contribution in [3.05, 3.63) is 12.7 Å². The van der Waals surface area contributed by atoms with Crippen LogP contribution < -0.4 is 5.32 Å². The van der Waals surface area contributed by atoms with Gasteiger partial charge in [0, 0.05) is 6.04 Å². The van der Waals surface area contributed by atoms with Crippen molar-refractivity contribution in [3.63, 3.8) is 0 Å². The third-order valence-corrected chi connectivity index (χ3v) is 2.41. The highest BCUT2D eigenvalue weighted by atomic mass is 15.3. The molecule has 4 nitrogen and oxygen atoms in total. The summed E-state index contributed by atoms with van der Waals surface area (Å²) in [5.74, 6) is 0. The van der Waals surface area contributed by atoms with Gasteiger partial charge in [-0.25, -0.2) is 9.67 Å². The van der Waals surface area contributed by atoms with Gasteiger partial charge in [-0.2, -0.15) is 5.10 Å². The predicted molar refractivity (Wildman–Crippen MR) is 45.8 cm³/mol. The van der Waals surface area contributed by atoms with E-state index in [1.807, 2.05) is 11.0 Å². The molecule has 0 amide bonds. The van der Waals surface area contributed by atoms with Gasteiger partial charge in [0.25, 0.3) is 0 Å². The summed E-state index contributed by atoms with van der Waals surface area (Å²) in [5, 5.41) is 7.56. The molecule has 1 saturated heterocycles. The number of nitrogens with one attached hydrogen (secondary N) is 1. The largest absolute Gasteiger partial charge is 0.314 e. The zero-order valence-corrected chi connectivity index (χ0v) is 7.27. The fourth-order valence-electron chi connectivity index (χ4n) is 1.75. The maximum absolute atomic E-state index is 4.15. The summed E-state index contributed by atoms with van der Waals surface area (Å²) < 4.78 is 1.97. The maximum atomic E-state index is 4.15. The van der Waals surface area contributed by atoms with Crippen LogP contribution in [0.15, 0.2) is 12.7 Å². The minimum atomic E-state index is 0.545. The Kier molecular flexibility index (Phi) is 2.08. The number of nitrogens with zero attached hydrogens (tertiary/aromatic N) is 3. The second kappa shape index (κ2) is 3.23. The molecule has 2 atom stereocenters. The van der Waals surface area contributed by atoms with Crippen LogP contribution in [0.5, 0.6) is 0 Å². The fraction of sp³-hybridized carbons (Fsp3) is 0.750. The highest BCUT2D eigenvalue weighted by Crippen LogP contribution is 2.19. The molecule has 0 bridgehead atoms. The number of rotatable bonds is 1. The van der Waals surface area contributed by atoms with Crippen LogP contribution in [0.4, 0.5) is 0 Å². The van der Waals surface area contributed by atoms with Gasteiger partial charge in [0.2, 0.25) is 0 Å². The van der Waals surface area contributed by atoms with E-state index in [9.17, 15) is 0 Å². The molecule has 0 radical (unpaired) electrons. The van der Waals surface area contributed by atoms with Crippen LogP contribution in [0.3, 0.4) is 0 Å². The van der Waals surface area contributed by atoms with Crippen molar-refractivity contribution < 1.29 is 0 Å². The molecule has 1 aromatic heterocycles.